The lowest BCUT2D eigenvalue weighted by Crippen LogP contribution is -2.28. The molecule has 31 heavy (non-hydrogen) atoms. The number of aryl methyl sites for hydroxylation is 1. The largest absolute Gasteiger partial charge is 0.497 e. The van der Waals surface area contributed by atoms with E-state index in [-0.39, 0.29) is 11.8 Å². The summed E-state index contributed by atoms with van der Waals surface area (Å²) in [5.74, 6) is 0.407. The Morgan fingerprint density at radius 3 is 2.29 bits per heavy atom. The molecule has 0 N–H and O–H groups in total. The Balaban J connectivity index is 2.09. The number of rotatable bonds is 6. The predicted molar refractivity (Wildman–Crippen MR) is 121 cm³/mol. The summed E-state index contributed by atoms with van der Waals surface area (Å²) in [7, 11) is 2.98. The van der Waals surface area contributed by atoms with Crippen LogP contribution in [0, 0.1) is 19.8 Å². The third-order valence-corrected chi connectivity index (χ3v) is 5.55. The van der Waals surface area contributed by atoms with Crippen LogP contribution < -0.4 is 4.74 Å². The molecule has 1 amide bonds. The first-order valence-electron chi connectivity index (χ1n) is 10.4. The van der Waals surface area contributed by atoms with Crippen molar-refractivity contribution < 1.29 is 19.1 Å². The molecule has 6 heteroatoms. The van der Waals surface area contributed by atoms with Gasteiger partial charge in [0.2, 0.25) is 0 Å². The van der Waals surface area contributed by atoms with Crippen molar-refractivity contribution >= 4 is 18.0 Å². The monoisotopic (exact) mass is 422 g/mol. The van der Waals surface area contributed by atoms with E-state index < -0.39 is 5.97 Å². The summed E-state index contributed by atoms with van der Waals surface area (Å²) in [4.78, 5) is 27.4. The highest BCUT2D eigenvalue weighted by molar-refractivity contribution is 6.16. The van der Waals surface area contributed by atoms with Gasteiger partial charge >= 0.3 is 5.97 Å². The van der Waals surface area contributed by atoms with Crippen LogP contribution in [0.4, 0.5) is 0 Å². The quantitative estimate of drug-likeness (QED) is 0.510. The van der Waals surface area contributed by atoms with Crippen molar-refractivity contribution in [2.45, 2.75) is 34.6 Å². The molecule has 1 aliphatic rings. The molecule has 0 saturated carbocycles. The lowest BCUT2D eigenvalue weighted by molar-refractivity contribution is -0.136. The van der Waals surface area contributed by atoms with Crippen molar-refractivity contribution in [2.24, 2.45) is 5.92 Å². The van der Waals surface area contributed by atoms with Crippen molar-refractivity contribution in [1.29, 1.82) is 0 Å². The number of methoxy groups -OCH3 is 2. The summed E-state index contributed by atoms with van der Waals surface area (Å²) in [6.07, 6.45) is 1.81. The second-order valence-corrected chi connectivity index (χ2v) is 8.18. The molecule has 0 bridgehead atoms. The van der Waals surface area contributed by atoms with Gasteiger partial charge in [-0.25, -0.2) is 4.79 Å². The molecule has 0 radical (unpaired) electrons. The first-order valence-corrected chi connectivity index (χ1v) is 10.4. The number of amides is 1. The van der Waals surface area contributed by atoms with E-state index in [4.69, 9.17) is 9.47 Å². The molecule has 6 nitrogen and oxygen atoms in total. The van der Waals surface area contributed by atoms with E-state index in [1.165, 1.54) is 7.11 Å². The number of hydrogen-bond donors (Lipinski definition) is 0. The van der Waals surface area contributed by atoms with E-state index in [0.717, 1.165) is 28.4 Å². The molecule has 0 fully saturated rings. The number of ether oxygens (including phenoxy) is 2. The molecule has 0 atom stereocenters. The number of hydrogen-bond acceptors (Lipinski definition) is 4. The highest BCUT2D eigenvalue weighted by Gasteiger charge is 2.37. The van der Waals surface area contributed by atoms with Gasteiger partial charge in [-0.05, 0) is 68.7 Å². The molecule has 0 unspecified atom stereocenters. The van der Waals surface area contributed by atoms with Crippen LogP contribution in [-0.4, -0.2) is 42.1 Å². The second-order valence-electron chi connectivity index (χ2n) is 8.18. The Kier molecular flexibility index (Phi) is 6.39. The van der Waals surface area contributed by atoms with Gasteiger partial charge in [-0.3, -0.25) is 4.79 Å². The van der Waals surface area contributed by atoms with Crippen molar-refractivity contribution in [3.05, 3.63) is 64.1 Å². The van der Waals surface area contributed by atoms with Gasteiger partial charge in [0.25, 0.3) is 5.91 Å². The van der Waals surface area contributed by atoms with Crippen LogP contribution in [0.25, 0.3) is 11.8 Å². The summed E-state index contributed by atoms with van der Waals surface area (Å²) in [5, 5.41) is 0. The predicted octanol–water partition coefficient (Wildman–Crippen LogP) is 4.43. The second kappa shape index (κ2) is 8.84. The van der Waals surface area contributed by atoms with Crippen molar-refractivity contribution in [1.82, 2.24) is 9.47 Å². The molecular weight excluding hydrogens is 392 g/mol. The lowest BCUT2D eigenvalue weighted by atomic mass is 10.0. The Hall–Kier alpha value is -3.28. The number of aromatic nitrogens is 1. The fraction of sp³-hybridized carbons (Fsp3) is 0.360. The third kappa shape index (κ3) is 4.15. The van der Waals surface area contributed by atoms with Gasteiger partial charge < -0.3 is 18.9 Å². The third-order valence-electron chi connectivity index (χ3n) is 5.55. The van der Waals surface area contributed by atoms with Gasteiger partial charge in [0.15, 0.2) is 0 Å². The van der Waals surface area contributed by atoms with E-state index in [1.807, 2.05) is 58.0 Å². The minimum atomic E-state index is -0.493. The van der Waals surface area contributed by atoms with Crippen LogP contribution >= 0.6 is 0 Å². The topological polar surface area (TPSA) is 60.8 Å². The molecule has 0 saturated heterocycles. The number of allylic oxidation sites excluding steroid dienone is 1. The highest BCUT2D eigenvalue weighted by Crippen LogP contribution is 2.33. The molecule has 1 aliphatic heterocycles. The van der Waals surface area contributed by atoms with Crippen LogP contribution in [0.15, 0.2) is 47.2 Å². The van der Waals surface area contributed by atoms with Crippen LogP contribution in [0.5, 0.6) is 5.75 Å². The highest BCUT2D eigenvalue weighted by atomic mass is 16.5. The molecule has 2 heterocycles. The van der Waals surface area contributed by atoms with Crippen LogP contribution in [-0.2, 0) is 14.3 Å². The zero-order valence-electron chi connectivity index (χ0n) is 19.3. The standard InChI is InChI=1S/C25H30N2O4/c1-15(2)14-26-18(5)23(25(29)31-7)22(24(26)28)13-19-12-16(3)27(17(19)4)20-8-10-21(30-6)11-9-20/h8-13,15H,14H2,1-7H3. The van der Waals surface area contributed by atoms with Gasteiger partial charge in [-0.1, -0.05) is 13.8 Å². The van der Waals surface area contributed by atoms with E-state index >= 15 is 0 Å². The zero-order valence-corrected chi connectivity index (χ0v) is 19.3. The number of nitrogens with zero attached hydrogens (tertiary/aromatic N) is 2. The van der Waals surface area contributed by atoms with Gasteiger partial charge in [0, 0.05) is 29.3 Å². The molecule has 3 rings (SSSR count). The molecule has 0 spiro atoms. The summed E-state index contributed by atoms with van der Waals surface area (Å²) in [6, 6.07) is 9.83. The normalized spacial score (nSPS) is 15.4. The van der Waals surface area contributed by atoms with E-state index in [1.54, 1.807) is 25.0 Å². The zero-order chi connectivity index (χ0) is 22.9. The maximum atomic E-state index is 13.2. The molecule has 1 aromatic heterocycles. The summed E-state index contributed by atoms with van der Waals surface area (Å²) < 4.78 is 12.4. The van der Waals surface area contributed by atoms with E-state index in [0.29, 0.717) is 23.4 Å². The van der Waals surface area contributed by atoms with Crippen LogP contribution in [0.3, 0.4) is 0 Å². The average molecular weight is 423 g/mol. The maximum Gasteiger partial charge on any atom is 0.340 e. The average Bonchev–Trinajstić information content (AvgIpc) is 3.14. The number of carbonyl (C=O) groups excluding carboxylic acids is 2. The van der Waals surface area contributed by atoms with Crippen LogP contribution in [0.1, 0.15) is 37.7 Å². The molecule has 0 aliphatic carbocycles. The SMILES string of the molecule is COC(=O)C1=C(C)N(CC(C)C)C(=O)C1=Cc1cc(C)n(-c2ccc(OC)cc2)c1C. The van der Waals surface area contributed by atoms with Gasteiger partial charge in [0.05, 0.1) is 25.4 Å². The van der Waals surface area contributed by atoms with Crippen molar-refractivity contribution in [3.63, 3.8) is 0 Å². The first kappa shape index (κ1) is 22.4. The summed E-state index contributed by atoms with van der Waals surface area (Å²) >= 11 is 0. The van der Waals surface area contributed by atoms with Gasteiger partial charge in [-0.2, -0.15) is 0 Å². The van der Waals surface area contributed by atoms with Crippen molar-refractivity contribution in [3.8, 4) is 11.4 Å². The van der Waals surface area contributed by atoms with Crippen LogP contribution in [0.2, 0.25) is 0 Å². The van der Waals surface area contributed by atoms with E-state index in [2.05, 4.69) is 4.57 Å². The fourth-order valence-corrected chi connectivity index (χ4v) is 4.03. The molecule has 1 aromatic carbocycles. The fourth-order valence-electron chi connectivity index (χ4n) is 4.03. The minimum Gasteiger partial charge on any atom is -0.497 e. The minimum absolute atomic E-state index is 0.166. The first-order chi connectivity index (χ1) is 14.7. The number of carbonyl (C=O) groups is 2. The van der Waals surface area contributed by atoms with Gasteiger partial charge in [0.1, 0.15) is 5.75 Å². The van der Waals surface area contributed by atoms with E-state index in [9.17, 15) is 9.59 Å². The number of esters is 1. The Morgan fingerprint density at radius 2 is 1.74 bits per heavy atom. The maximum absolute atomic E-state index is 13.2. The Morgan fingerprint density at radius 1 is 1.10 bits per heavy atom. The number of benzene rings is 1. The smallest absolute Gasteiger partial charge is 0.340 e. The molecule has 2 aromatic rings. The molecular formula is C25H30N2O4. The summed E-state index contributed by atoms with van der Waals surface area (Å²) in [6.45, 7) is 10.5. The Labute approximate surface area is 183 Å². The summed E-state index contributed by atoms with van der Waals surface area (Å²) in [5.41, 5.74) is 5.24. The van der Waals surface area contributed by atoms with Crippen molar-refractivity contribution in [2.75, 3.05) is 20.8 Å². The molecule has 164 valence electrons. The Bertz CT molecular complexity index is 1070. The van der Waals surface area contributed by atoms with Gasteiger partial charge in [-0.15, -0.1) is 0 Å². The lowest BCUT2D eigenvalue weighted by Gasteiger charge is -2.19.